The van der Waals surface area contributed by atoms with Gasteiger partial charge in [-0.3, -0.25) is 5.43 Å². The van der Waals surface area contributed by atoms with E-state index in [2.05, 4.69) is 47.6 Å². The average molecular weight is 406 g/mol. The van der Waals surface area contributed by atoms with Gasteiger partial charge in [-0.1, -0.05) is 35.9 Å². The lowest BCUT2D eigenvalue weighted by Crippen LogP contribution is -1.91. The largest absolute Gasteiger partial charge is 0.253 e. The van der Waals surface area contributed by atoms with Crippen molar-refractivity contribution in [2.24, 2.45) is 5.10 Å². The molecule has 2 aromatic carbocycles. The fourth-order valence-corrected chi connectivity index (χ4v) is 2.92. The summed E-state index contributed by atoms with van der Waals surface area (Å²) in [6, 6.07) is 12.5. The maximum absolute atomic E-state index is 12.8. The monoisotopic (exact) mass is 405 g/mol. The fourth-order valence-electron chi connectivity index (χ4n) is 2.26. The molecule has 0 unspecified atom stereocenters. The van der Waals surface area contributed by atoms with Crippen molar-refractivity contribution in [1.29, 1.82) is 0 Å². The molecule has 0 atom stereocenters. The molecule has 3 aromatic rings. The third-order valence-corrected chi connectivity index (χ3v) is 4.15. The number of halogens is 2. The minimum Gasteiger partial charge on any atom is -0.253 e. The number of aromatic nitrogens is 1. The zero-order valence-corrected chi connectivity index (χ0v) is 15.8. The Morgan fingerprint density at radius 3 is 2.58 bits per heavy atom. The summed E-state index contributed by atoms with van der Waals surface area (Å²) in [6.07, 6.45) is 1.64. The van der Waals surface area contributed by atoms with Crippen LogP contribution < -0.4 is 5.43 Å². The Balaban J connectivity index is 0.00000208. The van der Waals surface area contributed by atoms with Crippen molar-refractivity contribution in [3.8, 4) is 11.3 Å². The number of benzene rings is 2. The number of hydrogen-bond donors (Lipinski definition) is 1. The van der Waals surface area contributed by atoms with Crippen LogP contribution in [0.25, 0.3) is 11.3 Å². The van der Waals surface area contributed by atoms with E-state index in [9.17, 15) is 4.39 Å². The first-order valence-electron chi connectivity index (χ1n) is 7.19. The van der Waals surface area contributed by atoms with Crippen molar-refractivity contribution in [2.75, 3.05) is 5.43 Å². The molecular formula is C18H17BrFN3S. The van der Waals surface area contributed by atoms with E-state index in [-0.39, 0.29) is 22.8 Å². The maximum Gasteiger partial charge on any atom is 0.203 e. The van der Waals surface area contributed by atoms with E-state index in [0.717, 1.165) is 22.0 Å². The molecule has 0 saturated carbocycles. The molecule has 0 aliphatic heterocycles. The summed E-state index contributed by atoms with van der Waals surface area (Å²) in [4.78, 5) is 4.55. The molecular weight excluding hydrogens is 389 g/mol. The van der Waals surface area contributed by atoms with E-state index in [4.69, 9.17) is 0 Å². The first-order chi connectivity index (χ1) is 11.1. The standard InChI is InChI=1S/C18H16FN3S.BrH/c1-12-3-8-16(13(2)9-12)17-11-23-18(21-17)22-20-10-14-4-6-15(19)7-5-14;/h3-11H,1-2H3,(H,21,22);1H. The molecule has 0 aliphatic carbocycles. The van der Waals surface area contributed by atoms with Crippen LogP contribution >= 0.6 is 28.3 Å². The van der Waals surface area contributed by atoms with Crippen molar-refractivity contribution < 1.29 is 4.39 Å². The molecule has 0 amide bonds. The minimum atomic E-state index is -0.256. The van der Waals surface area contributed by atoms with Crippen LogP contribution in [-0.2, 0) is 0 Å². The van der Waals surface area contributed by atoms with Crippen molar-refractivity contribution in [3.05, 3.63) is 70.4 Å². The molecule has 3 rings (SSSR count). The molecule has 124 valence electrons. The molecule has 1 aromatic heterocycles. The zero-order valence-electron chi connectivity index (χ0n) is 13.3. The molecule has 0 aliphatic rings. The van der Waals surface area contributed by atoms with Gasteiger partial charge in [-0.05, 0) is 37.1 Å². The van der Waals surface area contributed by atoms with Crippen molar-refractivity contribution in [2.45, 2.75) is 13.8 Å². The first kappa shape index (κ1) is 18.3. The lowest BCUT2D eigenvalue weighted by atomic mass is 10.0. The van der Waals surface area contributed by atoms with Crippen molar-refractivity contribution >= 4 is 39.7 Å². The number of hydrazone groups is 1. The third-order valence-electron chi connectivity index (χ3n) is 3.41. The van der Waals surface area contributed by atoms with Gasteiger partial charge in [-0.2, -0.15) is 5.10 Å². The molecule has 0 spiro atoms. The van der Waals surface area contributed by atoms with Crippen molar-refractivity contribution in [1.82, 2.24) is 4.98 Å². The van der Waals surface area contributed by atoms with Gasteiger partial charge in [-0.25, -0.2) is 9.37 Å². The van der Waals surface area contributed by atoms with E-state index in [1.165, 1.54) is 34.6 Å². The molecule has 0 fully saturated rings. The van der Waals surface area contributed by atoms with Crippen LogP contribution in [0.2, 0.25) is 0 Å². The van der Waals surface area contributed by atoms with Gasteiger partial charge >= 0.3 is 0 Å². The van der Waals surface area contributed by atoms with E-state index in [1.54, 1.807) is 18.3 Å². The minimum absolute atomic E-state index is 0. The number of nitrogens with one attached hydrogen (secondary N) is 1. The second-order valence-corrected chi connectivity index (χ2v) is 6.14. The van der Waals surface area contributed by atoms with E-state index in [1.807, 2.05) is 5.38 Å². The number of hydrogen-bond acceptors (Lipinski definition) is 4. The van der Waals surface area contributed by atoms with Gasteiger partial charge in [0.15, 0.2) is 0 Å². The Morgan fingerprint density at radius 1 is 1.12 bits per heavy atom. The number of aryl methyl sites for hydroxylation is 2. The molecule has 3 nitrogen and oxygen atoms in total. The summed E-state index contributed by atoms with van der Waals surface area (Å²) in [5.41, 5.74) is 8.25. The molecule has 0 radical (unpaired) electrons. The van der Waals surface area contributed by atoms with Gasteiger partial charge in [0.1, 0.15) is 5.82 Å². The molecule has 24 heavy (non-hydrogen) atoms. The van der Waals surface area contributed by atoms with Gasteiger partial charge in [0.2, 0.25) is 5.13 Å². The molecule has 6 heteroatoms. The summed E-state index contributed by atoms with van der Waals surface area (Å²) < 4.78 is 12.8. The predicted molar refractivity (Wildman–Crippen MR) is 105 cm³/mol. The van der Waals surface area contributed by atoms with Gasteiger partial charge in [-0.15, -0.1) is 28.3 Å². The predicted octanol–water partition coefficient (Wildman–Crippen LogP) is 5.59. The second kappa shape index (κ2) is 8.17. The molecule has 1 heterocycles. The third kappa shape index (κ3) is 4.49. The maximum atomic E-state index is 12.8. The highest BCUT2D eigenvalue weighted by molar-refractivity contribution is 8.93. The smallest absolute Gasteiger partial charge is 0.203 e. The second-order valence-electron chi connectivity index (χ2n) is 5.28. The van der Waals surface area contributed by atoms with Crippen LogP contribution in [0.3, 0.4) is 0 Å². The summed E-state index contributed by atoms with van der Waals surface area (Å²) >= 11 is 1.50. The van der Waals surface area contributed by atoms with Crippen LogP contribution in [0.4, 0.5) is 9.52 Å². The van der Waals surface area contributed by atoms with Gasteiger partial charge in [0, 0.05) is 10.9 Å². The van der Waals surface area contributed by atoms with E-state index < -0.39 is 0 Å². The lowest BCUT2D eigenvalue weighted by Gasteiger charge is -2.03. The SMILES string of the molecule is Br.Cc1ccc(-c2csc(NN=Cc3ccc(F)cc3)n2)c(C)c1. The highest BCUT2D eigenvalue weighted by Gasteiger charge is 2.06. The Hall–Kier alpha value is -2.05. The van der Waals surface area contributed by atoms with Crippen LogP contribution in [0.15, 0.2) is 52.9 Å². The average Bonchev–Trinajstić information content (AvgIpc) is 2.98. The van der Waals surface area contributed by atoms with Crippen LogP contribution in [-0.4, -0.2) is 11.2 Å². The lowest BCUT2D eigenvalue weighted by molar-refractivity contribution is 0.628. The van der Waals surface area contributed by atoms with Crippen molar-refractivity contribution in [3.63, 3.8) is 0 Å². The molecule has 0 bridgehead atoms. The first-order valence-corrected chi connectivity index (χ1v) is 8.07. The van der Waals surface area contributed by atoms with Gasteiger partial charge in [0.25, 0.3) is 0 Å². The Morgan fingerprint density at radius 2 is 1.88 bits per heavy atom. The number of rotatable bonds is 4. The summed E-state index contributed by atoms with van der Waals surface area (Å²) in [6.45, 7) is 4.16. The number of thiazole rings is 1. The Kier molecular flexibility index (Phi) is 6.23. The van der Waals surface area contributed by atoms with Crippen LogP contribution in [0.5, 0.6) is 0 Å². The summed E-state index contributed by atoms with van der Waals surface area (Å²) in [7, 11) is 0. The van der Waals surface area contributed by atoms with Crippen LogP contribution in [0.1, 0.15) is 16.7 Å². The summed E-state index contributed by atoms with van der Waals surface area (Å²) in [5.74, 6) is -0.256. The van der Waals surface area contributed by atoms with E-state index >= 15 is 0 Å². The molecule has 1 N–H and O–H groups in total. The van der Waals surface area contributed by atoms with Gasteiger partial charge < -0.3 is 0 Å². The highest BCUT2D eigenvalue weighted by Crippen LogP contribution is 2.27. The topological polar surface area (TPSA) is 37.3 Å². The quantitative estimate of drug-likeness (QED) is 0.453. The fraction of sp³-hybridized carbons (Fsp3) is 0.111. The number of anilines is 1. The molecule has 0 saturated heterocycles. The van der Waals surface area contributed by atoms with Gasteiger partial charge in [0.05, 0.1) is 11.9 Å². The Bertz CT molecular complexity index is 844. The summed E-state index contributed by atoms with van der Waals surface area (Å²) in [5, 5.41) is 6.86. The van der Waals surface area contributed by atoms with Crippen LogP contribution in [0, 0.1) is 19.7 Å². The number of nitrogens with zero attached hydrogens (tertiary/aromatic N) is 2. The zero-order chi connectivity index (χ0) is 16.2. The normalized spacial score (nSPS) is 10.6. The Labute approximate surface area is 155 Å². The highest BCUT2D eigenvalue weighted by atomic mass is 79.9. The van der Waals surface area contributed by atoms with E-state index in [0.29, 0.717) is 0 Å².